The molecule has 242 valence electrons. The van der Waals surface area contributed by atoms with Gasteiger partial charge in [-0.3, -0.25) is 0 Å². The van der Waals surface area contributed by atoms with Crippen molar-refractivity contribution in [1.29, 1.82) is 0 Å². The number of carbonyl (C=O) groups is 2. The Morgan fingerprint density at radius 3 is 2.52 bits per heavy atom. The number of halogens is 2. The van der Waals surface area contributed by atoms with Crippen LogP contribution in [0.25, 0.3) is 4.48 Å². The van der Waals surface area contributed by atoms with Crippen LogP contribution in [0.5, 0.6) is 0 Å². The Labute approximate surface area is 273 Å². The molecule has 4 aliphatic rings. The van der Waals surface area contributed by atoms with Crippen LogP contribution in [-0.4, -0.2) is 97.6 Å². The highest BCUT2D eigenvalue weighted by atomic mass is 79.9. The van der Waals surface area contributed by atoms with Crippen LogP contribution in [0.3, 0.4) is 0 Å². The lowest BCUT2D eigenvalue weighted by molar-refractivity contribution is -0.365. The van der Waals surface area contributed by atoms with Gasteiger partial charge in [0.2, 0.25) is 6.33 Å². The van der Waals surface area contributed by atoms with Crippen molar-refractivity contribution in [3.63, 3.8) is 0 Å². The number of rotatable bonds is 4. The monoisotopic (exact) mass is 696 g/mol. The number of amides is 2. The van der Waals surface area contributed by atoms with Crippen LogP contribution in [0.2, 0.25) is 5.15 Å². The third-order valence-electron chi connectivity index (χ3n) is 7.95. The fraction of sp³-hybridized carbons (Fsp3) is 0.710. The van der Waals surface area contributed by atoms with Crippen molar-refractivity contribution in [2.75, 3.05) is 26.2 Å². The number of nitrogens with zero attached hydrogens (tertiary/aromatic N) is 5. The number of carbonyl (C=O) groups excluding carboxylic acids is 2. The van der Waals surface area contributed by atoms with Crippen molar-refractivity contribution < 1.29 is 33.1 Å². The van der Waals surface area contributed by atoms with Crippen LogP contribution in [0, 0.1) is 11.8 Å². The predicted octanol–water partition coefficient (Wildman–Crippen LogP) is 6.35. The largest absolute Gasteiger partial charge is 0.444 e. The maximum atomic E-state index is 13.7. The van der Waals surface area contributed by atoms with E-state index in [4.69, 9.17) is 30.5 Å². The zero-order chi connectivity index (χ0) is 32.2. The van der Waals surface area contributed by atoms with E-state index in [1.165, 1.54) is 6.33 Å². The number of ether oxygens (including phenoxy) is 4. The summed E-state index contributed by atoms with van der Waals surface area (Å²) in [5, 5.41) is 0.361. The zero-order valence-electron chi connectivity index (χ0n) is 26.9. The van der Waals surface area contributed by atoms with Crippen LogP contribution in [0.4, 0.5) is 15.4 Å². The summed E-state index contributed by atoms with van der Waals surface area (Å²) in [4.78, 5) is 38.8. The molecule has 1 aliphatic carbocycles. The van der Waals surface area contributed by atoms with Gasteiger partial charge in [-0.1, -0.05) is 11.6 Å². The first-order chi connectivity index (χ1) is 20.4. The molecule has 1 saturated carbocycles. The van der Waals surface area contributed by atoms with Gasteiger partial charge in [-0.05, 0) is 95.1 Å². The van der Waals surface area contributed by atoms with E-state index in [1.807, 2.05) is 66.2 Å². The molecule has 11 nitrogen and oxygen atoms in total. The van der Waals surface area contributed by atoms with Gasteiger partial charge in [0.15, 0.2) is 5.79 Å². The smallest absolute Gasteiger partial charge is 0.410 e. The average molecular weight is 698 g/mol. The summed E-state index contributed by atoms with van der Waals surface area (Å²) in [6.45, 7) is 17.0. The highest BCUT2D eigenvalue weighted by molar-refractivity contribution is 9.15. The van der Waals surface area contributed by atoms with Gasteiger partial charge in [-0.2, -0.15) is 9.56 Å². The van der Waals surface area contributed by atoms with Crippen molar-refractivity contribution in [1.82, 2.24) is 19.8 Å². The third kappa shape index (κ3) is 7.40. The number of piperidine rings is 1. The van der Waals surface area contributed by atoms with Crippen molar-refractivity contribution in [2.45, 2.75) is 104 Å². The maximum absolute atomic E-state index is 13.7. The minimum absolute atomic E-state index is 0.0739. The first kappa shape index (κ1) is 33.1. The van der Waals surface area contributed by atoms with Crippen LogP contribution >= 0.6 is 27.5 Å². The highest BCUT2D eigenvalue weighted by Crippen LogP contribution is 2.45. The number of hydrogen-bond donors (Lipinski definition) is 0. The van der Waals surface area contributed by atoms with Crippen LogP contribution < -0.4 is 0 Å². The molecule has 0 unspecified atom stereocenters. The Balaban J connectivity index is 1.41. The Hall–Kier alpha value is -2.28. The van der Waals surface area contributed by atoms with E-state index in [-0.39, 0.29) is 36.2 Å². The molecular formula is C31H44BrClN5O6+. The fourth-order valence-corrected chi connectivity index (χ4v) is 7.26. The molecule has 1 aromatic rings. The summed E-state index contributed by atoms with van der Waals surface area (Å²) in [6.07, 6.45) is 4.38. The summed E-state index contributed by atoms with van der Waals surface area (Å²) in [5.74, 6) is -0.138. The van der Waals surface area contributed by atoms with Gasteiger partial charge in [0, 0.05) is 38.5 Å². The molecule has 44 heavy (non-hydrogen) atoms. The standard InChI is InChI=1S/C31H44BrClN5O6/c1-29(2,3)43-27(39)36-11-9-10-18(13-36)14-37(28(40)44-30(4,5)6)15-19-12-21(24-23(19)41-31(7,8)42-24)38-16-20(32)22-25(33)34-17-35-26(22)38/h16-19,23-24H,9-15H2,1-8H3/q+1/b38-21-/t18-,19+,23+,24-/m0/s1. The lowest BCUT2D eigenvalue weighted by Gasteiger charge is -2.37. The molecule has 3 aliphatic heterocycles. The van der Waals surface area contributed by atoms with Crippen molar-refractivity contribution in [3.05, 3.63) is 23.2 Å². The predicted molar refractivity (Wildman–Crippen MR) is 169 cm³/mol. The topological polar surface area (TPSA) is 106 Å². The second kappa shape index (κ2) is 12.1. The summed E-state index contributed by atoms with van der Waals surface area (Å²) in [7, 11) is 0. The molecule has 0 N–H and O–H groups in total. The number of aromatic nitrogens is 2. The maximum Gasteiger partial charge on any atom is 0.410 e. The molecule has 2 amide bonds. The van der Waals surface area contributed by atoms with E-state index in [0.29, 0.717) is 43.6 Å². The number of hydrogen-bond acceptors (Lipinski definition) is 8. The molecule has 4 heterocycles. The lowest BCUT2D eigenvalue weighted by atomic mass is 9.96. The number of fused-ring (bicyclic) bond motifs is 2. The van der Waals surface area contributed by atoms with Crippen molar-refractivity contribution >= 4 is 55.7 Å². The van der Waals surface area contributed by atoms with E-state index < -0.39 is 17.0 Å². The van der Waals surface area contributed by atoms with E-state index in [1.54, 1.807) is 9.80 Å². The Kier molecular flexibility index (Phi) is 9.14. The quantitative estimate of drug-likeness (QED) is 0.265. The summed E-state index contributed by atoms with van der Waals surface area (Å²) in [6, 6.07) is 0. The first-order valence-corrected chi connectivity index (χ1v) is 16.4. The molecule has 1 aromatic heterocycles. The number of likely N-dealkylation sites (tertiary alicyclic amines) is 1. The van der Waals surface area contributed by atoms with Crippen molar-refractivity contribution in [3.8, 4) is 0 Å². The highest BCUT2D eigenvalue weighted by Gasteiger charge is 2.56. The molecule has 0 aromatic carbocycles. The molecule has 2 saturated heterocycles. The van der Waals surface area contributed by atoms with E-state index >= 15 is 0 Å². The molecule has 5 rings (SSSR count). The minimum Gasteiger partial charge on any atom is -0.444 e. The molecule has 4 atom stereocenters. The van der Waals surface area contributed by atoms with Crippen LogP contribution in [0.1, 0.15) is 80.2 Å². The second-order valence-electron chi connectivity index (χ2n) is 14.5. The third-order valence-corrected chi connectivity index (χ3v) is 8.84. The minimum atomic E-state index is -0.805. The molecular weight excluding hydrogens is 654 g/mol. The van der Waals surface area contributed by atoms with Gasteiger partial charge in [0.05, 0.1) is 10.6 Å². The SMILES string of the molecule is CC(C)(C)OC(=O)N1CCC[C@H](CN(C[C@H]2C/C(=[N+]3\C=C(Br)c4c(Cl)ncnc43)[C@@H]3OC(C)(C)O[C@H]23)C(=O)OC(C)(C)C)C1. The Morgan fingerprint density at radius 1 is 1.14 bits per heavy atom. The van der Waals surface area contributed by atoms with Crippen molar-refractivity contribution in [2.24, 2.45) is 11.8 Å². The molecule has 0 radical (unpaired) electrons. The van der Waals surface area contributed by atoms with Gasteiger partial charge in [0.25, 0.3) is 0 Å². The summed E-state index contributed by atoms with van der Waals surface area (Å²) in [5.41, 5.74) is 0.468. The molecule has 0 bridgehead atoms. The van der Waals surface area contributed by atoms with Gasteiger partial charge in [0.1, 0.15) is 39.9 Å². The molecule has 3 fully saturated rings. The van der Waals surface area contributed by atoms with Crippen LogP contribution in [-0.2, 0) is 18.9 Å². The lowest BCUT2D eigenvalue weighted by Crippen LogP contribution is -2.48. The summed E-state index contributed by atoms with van der Waals surface area (Å²) >= 11 is 10.0. The first-order valence-electron chi connectivity index (χ1n) is 15.3. The van der Waals surface area contributed by atoms with E-state index in [0.717, 1.165) is 28.6 Å². The van der Waals surface area contributed by atoms with Gasteiger partial charge in [-0.15, -0.1) is 0 Å². The van der Waals surface area contributed by atoms with Gasteiger partial charge < -0.3 is 28.7 Å². The average Bonchev–Trinajstić information content (AvgIpc) is 3.50. The van der Waals surface area contributed by atoms with E-state index in [9.17, 15) is 9.59 Å². The van der Waals surface area contributed by atoms with E-state index in [2.05, 4.69) is 25.9 Å². The van der Waals surface area contributed by atoms with Gasteiger partial charge >= 0.3 is 18.0 Å². The fourth-order valence-electron chi connectivity index (χ4n) is 6.35. The summed E-state index contributed by atoms with van der Waals surface area (Å²) < 4.78 is 27.2. The van der Waals surface area contributed by atoms with Gasteiger partial charge in [-0.25, -0.2) is 9.59 Å². The zero-order valence-corrected chi connectivity index (χ0v) is 29.2. The Morgan fingerprint density at radius 2 is 1.84 bits per heavy atom. The van der Waals surface area contributed by atoms with Crippen LogP contribution in [0.15, 0.2) is 12.5 Å². The Bertz CT molecular complexity index is 1370. The molecule has 0 spiro atoms. The normalized spacial score (nSPS) is 28.0. The molecule has 13 heteroatoms. The second-order valence-corrected chi connectivity index (χ2v) is 15.7.